The fourth-order valence-electron chi connectivity index (χ4n) is 3.48. The number of carbonyl (C=O) groups is 1. The van der Waals surface area contributed by atoms with E-state index >= 15 is 0 Å². The molecule has 6 heteroatoms. The molecule has 0 unspecified atom stereocenters. The summed E-state index contributed by atoms with van der Waals surface area (Å²) < 4.78 is 38.1. The second kappa shape index (κ2) is 7.66. The number of benzene rings is 2. The van der Waals surface area contributed by atoms with Crippen LogP contribution in [0.3, 0.4) is 0 Å². The maximum Gasteiger partial charge on any atom is 0.254 e. The number of amides is 1. The number of halogens is 1. The monoisotopic (exact) mass is 403 g/mol. The maximum absolute atomic E-state index is 14.2. The van der Waals surface area contributed by atoms with E-state index in [-0.39, 0.29) is 29.4 Å². The molecule has 0 spiro atoms. The Morgan fingerprint density at radius 3 is 2.29 bits per heavy atom. The number of rotatable bonds is 4. The van der Waals surface area contributed by atoms with Crippen LogP contribution in [0, 0.1) is 5.82 Å². The van der Waals surface area contributed by atoms with Crippen LogP contribution in [0.1, 0.15) is 48.7 Å². The third-order valence-electron chi connectivity index (χ3n) is 5.21. The summed E-state index contributed by atoms with van der Waals surface area (Å²) in [5, 5.41) is 0. The Labute approximate surface area is 166 Å². The summed E-state index contributed by atoms with van der Waals surface area (Å²) in [6.07, 6.45) is 0.378. The first-order chi connectivity index (χ1) is 13.1. The molecule has 1 fully saturated rings. The van der Waals surface area contributed by atoms with Crippen LogP contribution < -0.4 is 0 Å². The first-order valence-corrected chi connectivity index (χ1v) is 11.2. The van der Waals surface area contributed by atoms with Gasteiger partial charge in [0.05, 0.1) is 11.5 Å². The van der Waals surface area contributed by atoms with E-state index in [1.54, 1.807) is 30.3 Å². The van der Waals surface area contributed by atoms with Crippen LogP contribution in [-0.2, 0) is 21.8 Å². The lowest BCUT2D eigenvalue weighted by Crippen LogP contribution is -2.40. The van der Waals surface area contributed by atoms with E-state index in [1.807, 2.05) is 12.1 Å². The zero-order valence-electron chi connectivity index (χ0n) is 16.5. The normalized spacial score (nSPS) is 18.8. The lowest BCUT2D eigenvalue weighted by atomic mass is 9.86. The lowest BCUT2D eigenvalue weighted by molar-refractivity contribution is 0.0679. The SMILES string of the molecule is CC(C)(C)c1ccc(C(=O)N(Cc2ccccc2F)[C@H]2CCS(=O)(=O)C2)cc1. The molecule has 150 valence electrons. The largest absolute Gasteiger partial charge is 0.330 e. The van der Waals surface area contributed by atoms with Gasteiger partial charge in [-0.25, -0.2) is 12.8 Å². The molecule has 1 aliphatic rings. The van der Waals surface area contributed by atoms with E-state index in [0.29, 0.717) is 17.5 Å². The molecule has 0 radical (unpaired) electrons. The van der Waals surface area contributed by atoms with E-state index < -0.39 is 21.7 Å². The number of sulfone groups is 1. The Bertz CT molecular complexity index is 962. The summed E-state index contributed by atoms with van der Waals surface area (Å²) in [4.78, 5) is 14.7. The van der Waals surface area contributed by atoms with Gasteiger partial charge in [0.1, 0.15) is 5.82 Å². The Hall–Kier alpha value is -2.21. The van der Waals surface area contributed by atoms with Gasteiger partial charge in [-0.15, -0.1) is 0 Å². The van der Waals surface area contributed by atoms with Crippen molar-refractivity contribution in [3.63, 3.8) is 0 Å². The van der Waals surface area contributed by atoms with E-state index in [4.69, 9.17) is 0 Å². The highest BCUT2D eigenvalue weighted by molar-refractivity contribution is 7.91. The zero-order chi connectivity index (χ0) is 20.5. The average Bonchev–Trinajstić information content (AvgIpc) is 2.99. The van der Waals surface area contributed by atoms with Gasteiger partial charge in [-0.3, -0.25) is 4.79 Å². The first kappa shape index (κ1) is 20.5. The molecule has 1 amide bonds. The van der Waals surface area contributed by atoms with Crippen molar-refractivity contribution in [2.75, 3.05) is 11.5 Å². The van der Waals surface area contributed by atoms with Crippen molar-refractivity contribution < 1.29 is 17.6 Å². The molecule has 0 N–H and O–H groups in total. The van der Waals surface area contributed by atoms with Gasteiger partial charge in [0.25, 0.3) is 5.91 Å². The van der Waals surface area contributed by atoms with Crippen molar-refractivity contribution in [3.8, 4) is 0 Å². The van der Waals surface area contributed by atoms with E-state index in [0.717, 1.165) is 5.56 Å². The van der Waals surface area contributed by atoms with Crippen LogP contribution in [-0.4, -0.2) is 36.8 Å². The molecule has 2 aromatic rings. The molecule has 4 nitrogen and oxygen atoms in total. The van der Waals surface area contributed by atoms with Crippen LogP contribution in [0.2, 0.25) is 0 Å². The molecule has 28 heavy (non-hydrogen) atoms. The predicted octanol–water partition coefficient (Wildman–Crippen LogP) is 3.95. The van der Waals surface area contributed by atoms with Gasteiger partial charge in [-0.2, -0.15) is 0 Å². The van der Waals surface area contributed by atoms with E-state index in [1.165, 1.54) is 11.0 Å². The molecular formula is C22H26FNO3S. The highest BCUT2D eigenvalue weighted by Gasteiger charge is 2.35. The smallest absolute Gasteiger partial charge is 0.254 e. The van der Waals surface area contributed by atoms with Crippen LogP contribution in [0.4, 0.5) is 4.39 Å². The summed E-state index contributed by atoms with van der Waals surface area (Å²) in [5.41, 5.74) is 1.93. The van der Waals surface area contributed by atoms with E-state index in [2.05, 4.69) is 20.8 Å². The predicted molar refractivity (Wildman–Crippen MR) is 108 cm³/mol. The third-order valence-corrected chi connectivity index (χ3v) is 6.96. The molecule has 2 aromatic carbocycles. The summed E-state index contributed by atoms with van der Waals surface area (Å²) in [5.74, 6) is -0.690. The molecule has 0 aliphatic carbocycles. The Morgan fingerprint density at radius 2 is 1.75 bits per heavy atom. The van der Waals surface area contributed by atoms with Gasteiger partial charge in [0.15, 0.2) is 9.84 Å². The fourth-order valence-corrected chi connectivity index (χ4v) is 5.21. The second-order valence-corrected chi connectivity index (χ2v) is 10.6. The molecule has 1 aliphatic heterocycles. The highest BCUT2D eigenvalue weighted by atomic mass is 32.2. The van der Waals surface area contributed by atoms with Crippen molar-refractivity contribution in [2.45, 2.75) is 45.2 Å². The van der Waals surface area contributed by atoms with Gasteiger partial charge in [0.2, 0.25) is 0 Å². The topological polar surface area (TPSA) is 54.5 Å². The highest BCUT2D eigenvalue weighted by Crippen LogP contribution is 2.25. The summed E-state index contributed by atoms with van der Waals surface area (Å²) >= 11 is 0. The summed E-state index contributed by atoms with van der Waals surface area (Å²) in [6, 6.07) is 13.2. The van der Waals surface area contributed by atoms with Crippen molar-refractivity contribution in [2.24, 2.45) is 0 Å². The minimum atomic E-state index is -3.17. The lowest BCUT2D eigenvalue weighted by Gasteiger charge is -2.29. The molecule has 0 bridgehead atoms. The molecule has 0 aromatic heterocycles. The molecule has 1 atom stereocenters. The molecular weight excluding hydrogens is 377 g/mol. The zero-order valence-corrected chi connectivity index (χ0v) is 17.3. The van der Waals surface area contributed by atoms with E-state index in [9.17, 15) is 17.6 Å². The Balaban J connectivity index is 1.91. The quantitative estimate of drug-likeness (QED) is 0.777. The van der Waals surface area contributed by atoms with Gasteiger partial charge >= 0.3 is 0 Å². The molecule has 3 rings (SSSR count). The fraction of sp³-hybridized carbons (Fsp3) is 0.409. The number of nitrogens with zero attached hydrogens (tertiary/aromatic N) is 1. The van der Waals surface area contributed by atoms with Gasteiger partial charge in [-0.05, 0) is 35.6 Å². The minimum absolute atomic E-state index is 0.0338. The first-order valence-electron chi connectivity index (χ1n) is 9.42. The Kier molecular flexibility index (Phi) is 5.62. The van der Waals surface area contributed by atoms with Gasteiger partial charge in [-0.1, -0.05) is 51.1 Å². The number of hydrogen-bond acceptors (Lipinski definition) is 3. The minimum Gasteiger partial charge on any atom is -0.330 e. The second-order valence-electron chi connectivity index (χ2n) is 8.41. The summed E-state index contributed by atoms with van der Waals surface area (Å²) in [7, 11) is -3.17. The maximum atomic E-state index is 14.2. The number of carbonyl (C=O) groups excluding carboxylic acids is 1. The van der Waals surface area contributed by atoms with Crippen molar-refractivity contribution in [3.05, 3.63) is 71.0 Å². The van der Waals surface area contributed by atoms with Crippen LogP contribution in [0.15, 0.2) is 48.5 Å². The van der Waals surface area contributed by atoms with Gasteiger partial charge < -0.3 is 4.90 Å². The van der Waals surface area contributed by atoms with Crippen molar-refractivity contribution in [1.29, 1.82) is 0 Å². The third kappa shape index (κ3) is 4.61. The molecule has 1 heterocycles. The van der Waals surface area contributed by atoms with Crippen LogP contribution >= 0.6 is 0 Å². The van der Waals surface area contributed by atoms with Crippen LogP contribution in [0.25, 0.3) is 0 Å². The van der Waals surface area contributed by atoms with Crippen molar-refractivity contribution >= 4 is 15.7 Å². The average molecular weight is 404 g/mol. The Morgan fingerprint density at radius 1 is 1.11 bits per heavy atom. The molecule has 0 saturated carbocycles. The standard InChI is InChI=1S/C22H26FNO3S/c1-22(2,3)18-10-8-16(9-11-18)21(25)24(19-12-13-28(26,27)15-19)14-17-6-4-5-7-20(17)23/h4-11,19H,12-15H2,1-3H3/t19-/m0/s1. The van der Waals surface area contributed by atoms with Crippen LogP contribution in [0.5, 0.6) is 0 Å². The molecule has 1 saturated heterocycles. The van der Waals surface area contributed by atoms with Gasteiger partial charge in [0, 0.05) is 23.7 Å². The van der Waals surface area contributed by atoms with Crippen molar-refractivity contribution in [1.82, 2.24) is 4.90 Å². The number of hydrogen-bond donors (Lipinski definition) is 0. The summed E-state index contributed by atoms with van der Waals surface area (Å²) in [6.45, 7) is 6.33.